The Morgan fingerprint density at radius 3 is 2.55 bits per heavy atom. The lowest BCUT2D eigenvalue weighted by Gasteiger charge is -2.05. The lowest BCUT2D eigenvalue weighted by molar-refractivity contribution is -0.123. The molecule has 1 aromatic heterocycles. The molecule has 1 saturated carbocycles. The van der Waals surface area contributed by atoms with Crippen LogP contribution in [0, 0.1) is 5.92 Å². The topological polar surface area (TPSA) is 71.3 Å². The van der Waals surface area contributed by atoms with Crippen molar-refractivity contribution in [3.63, 3.8) is 0 Å². The van der Waals surface area contributed by atoms with Crippen LogP contribution in [-0.4, -0.2) is 11.8 Å². The summed E-state index contributed by atoms with van der Waals surface area (Å²) in [7, 11) is 0. The minimum Gasteiger partial charge on any atom is -0.459 e. The molecule has 1 aromatic carbocycles. The third kappa shape index (κ3) is 2.56. The molecule has 102 valence electrons. The van der Waals surface area contributed by atoms with E-state index < -0.39 is 5.91 Å². The molecule has 0 aliphatic heterocycles. The van der Waals surface area contributed by atoms with E-state index in [2.05, 4.69) is 10.9 Å². The SMILES string of the molecule is O=C(NNC(=O)[C@@H]1C[C@@H]1c1ccccc1)c1ccco1. The number of hydrogen-bond donors (Lipinski definition) is 2. The average molecular weight is 270 g/mol. The molecule has 1 heterocycles. The van der Waals surface area contributed by atoms with Crippen molar-refractivity contribution in [1.82, 2.24) is 10.9 Å². The molecule has 0 spiro atoms. The highest BCUT2D eigenvalue weighted by Crippen LogP contribution is 2.47. The Labute approximate surface area is 115 Å². The lowest BCUT2D eigenvalue weighted by Crippen LogP contribution is -2.42. The second-order valence-electron chi connectivity index (χ2n) is 4.78. The van der Waals surface area contributed by atoms with Gasteiger partial charge in [-0.25, -0.2) is 0 Å². The number of furan rings is 1. The number of rotatable bonds is 3. The number of amides is 2. The third-order valence-corrected chi connectivity index (χ3v) is 3.40. The molecule has 1 aliphatic rings. The summed E-state index contributed by atoms with van der Waals surface area (Å²) < 4.78 is 4.93. The summed E-state index contributed by atoms with van der Waals surface area (Å²) in [4.78, 5) is 23.5. The molecule has 5 nitrogen and oxygen atoms in total. The molecule has 3 rings (SSSR count). The van der Waals surface area contributed by atoms with Crippen LogP contribution < -0.4 is 10.9 Å². The van der Waals surface area contributed by atoms with Gasteiger partial charge in [-0.05, 0) is 30.0 Å². The maximum atomic E-state index is 11.9. The van der Waals surface area contributed by atoms with Crippen LogP contribution in [0.4, 0.5) is 0 Å². The molecule has 5 heteroatoms. The van der Waals surface area contributed by atoms with Crippen molar-refractivity contribution in [2.45, 2.75) is 12.3 Å². The molecular formula is C15H14N2O3. The van der Waals surface area contributed by atoms with E-state index in [4.69, 9.17) is 4.42 Å². The van der Waals surface area contributed by atoms with E-state index in [1.165, 1.54) is 12.3 Å². The quantitative estimate of drug-likeness (QED) is 0.836. The number of nitrogens with one attached hydrogen (secondary N) is 2. The van der Waals surface area contributed by atoms with Gasteiger partial charge in [-0.3, -0.25) is 20.4 Å². The largest absolute Gasteiger partial charge is 0.459 e. The van der Waals surface area contributed by atoms with Crippen molar-refractivity contribution >= 4 is 11.8 Å². The second kappa shape index (κ2) is 5.21. The van der Waals surface area contributed by atoms with Gasteiger partial charge in [0.2, 0.25) is 5.91 Å². The van der Waals surface area contributed by atoms with Gasteiger partial charge in [0.25, 0.3) is 0 Å². The van der Waals surface area contributed by atoms with Crippen molar-refractivity contribution in [3.8, 4) is 0 Å². The molecule has 2 atom stereocenters. The normalized spacial score (nSPS) is 20.2. The van der Waals surface area contributed by atoms with Crippen LogP contribution in [0.3, 0.4) is 0 Å². The van der Waals surface area contributed by atoms with Crippen molar-refractivity contribution in [2.24, 2.45) is 5.92 Å². The number of benzene rings is 1. The van der Waals surface area contributed by atoms with E-state index >= 15 is 0 Å². The van der Waals surface area contributed by atoms with E-state index in [9.17, 15) is 9.59 Å². The molecule has 0 bridgehead atoms. The van der Waals surface area contributed by atoms with Crippen molar-refractivity contribution in [1.29, 1.82) is 0 Å². The maximum absolute atomic E-state index is 11.9. The van der Waals surface area contributed by atoms with E-state index in [0.29, 0.717) is 0 Å². The van der Waals surface area contributed by atoms with Gasteiger partial charge in [0.05, 0.1) is 6.26 Å². The van der Waals surface area contributed by atoms with Crippen LogP contribution in [0.2, 0.25) is 0 Å². The number of hydrogen-bond acceptors (Lipinski definition) is 3. The van der Waals surface area contributed by atoms with Crippen LogP contribution in [0.1, 0.15) is 28.5 Å². The summed E-state index contributed by atoms with van der Waals surface area (Å²) in [5, 5.41) is 0. The van der Waals surface area contributed by atoms with E-state index in [1.54, 1.807) is 6.07 Å². The molecule has 2 N–H and O–H groups in total. The molecule has 1 fully saturated rings. The fourth-order valence-electron chi connectivity index (χ4n) is 2.23. The van der Waals surface area contributed by atoms with Crippen molar-refractivity contribution < 1.29 is 14.0 Å². The van der Waals surface area contributed by atoms with Crippen molar-refractivity contribution in [2.75, 3.05) is 0 Å². The van der Waals surface area contributed by atoms with Gasteiger partial charge in [0, 0.05) is 5.92 Å². The summed E-state index contributed by atoms with van der Waals surface area (Å²) in [6, 6.07) is 13.0. The Morgan fingerprint density at radius 2 is 1.85 bits per heavy atom. The number of carbonyl (C=O) groups is 2. The zero-order valence-electron chi connectivity index (χ0n) is 10.7. The van der Waals surface area contributed by atoms with Crippen LogP contribution in [-0.2, 0) is 4.79 Å². The van der Waals surface area contributed by atoms with Gasteiger partial charge in [-0.1, -0.05) is 30.3 Å². The van der Waals surface area contributed by atoms with E-state index in [1.807, 2.05) is 30.3 Å². The van der Waals surface area contributed by atoms with E-state index in [0.717, 1.165) is 12.0 Å². The molecule has 20 heavy (non-hydrogen) atoms. The Balaban J connectivity index is 1.51. The summed E-state index contributed by atoms with van der Waals surface area (Å²) in [6.07, 6.45) is 2.22. The Kier molecular flexibility index (Phi) is 3.25. The van der Waals surface area contributed by atoms with Gasteiger partial charge < -0.3 is 4.42 Å². The highest BCUT2D eigenvalue weighted by molar-refractivity contribution is 5.93. The lowest BCUT2D eigenvalue weighted by atomic mass is 10.1. The summed E-state index contributed by atoms with van der Waals surface area (Å²) in [5.41, 5.74) is 5.94. The molecule has 2 amide bonds. The zero-order chi connectivity index (χ0) is 13.9. The Bertz CT molecular complexity index is 607. The summed E-state index contributed by atoms with van der Waals surface area (Å²) in [6.45, 7) is 0. The van der Waals surface area contributed by atoms with Gasteiger partial charge in [0.15, 0.2) is 5.76 Å². The second-order valence-corrected chi connectivity index (χ2v) is 4.78. The molecule has 0 radical (unpaired) electrons. The molecule has 2 aromatic rings. The number of carbonyl (C=O) groups excluding carboxylic acids is 2. The maximum Gasteiger partial charge on any atom is 0.305 e. The third-order valence-electron chi connectivity index (χ3n) is 3.40. The van der Waals surface area contributed by atoms with Gasteiger partial charge in [0.1, 0.15) is 0 Å². The minimum absolute atomic E-state index is 0.0747. The first-order valence-corrected chi connectivity index (χ1v) is 6.44. The summed E-state index contributed by atoms with van der Waals surface area (Å²) >= 11 is 0. The Morgan fingerprint density at radius 1 is 1.05 bits per heavy atom. The monoisotopic (exact) mass is 270 g/mol. The predicted octanol–water partition coefficient (Wildman–Crippen LogP) is 1.84. The molecule has 0 unspecified atom stereocenters. The van der Waals surface area contributed by atoms with Gasteiger partial charge >= 0.3 is 5.91 Å². The van der Waals surface area contributed by atoms with Crippen LogP contribution in [0.15, 0.2) is 53.1 Å². The van der Waals surface area contributed by atoms with Crippen LogP contribution in [0.25, 0.3) is 0 Å². The number of hydrazine groups is 1. The fourth-order valence-corrected chi connectivity index (χ4v) is 2.23. The standard InChI is InChI=1S/C15H14N2O3/c18-14(16-17-15(19)13-7-4-8-20-13)12-9-11(12)10-5-2-1-3-6-10/h1-8,11-12H,9H2,(H,16,18)(H,17,19)/t11-,12-/m1/s1. The molecule has 0 saturated heterocycles. The summed E-state index contributed by atoms with van der Waals surface area (Å²) in [5.74, 6) is -0.286. The first-order valence-electron chi connectivity index (χ1n) is 6.44. The van der Waals surface area contributed by atoms with E-state index in [-0.39, 0.29) is 23.5 Å². The first kappa shape index (κ1) is 12.5. The molecular weight excluding hydrogens is 256 g/mol. The average Bonchev–Trinajstić information content (AvgIpc) is 3.10. The zero-order valence-corrected chi connectivity index (χ0v) is 10.7. The Hall–Kier alpha value is -2.56. The van der Waals surface area contributed by atoms with Crippen LogP contribution >= 0.6 is 0 Å². The predicted molar refractivity (Wildman–Crippen MR) is 71.6 cm³/mol. The molecule has 1 aliphatic carbocycles. The van der Waals surface area contributed by atoms with Gasteiger partial charge in [-0.2, -0.15) is 0 Å². The highest BCUT2D eigenvalue weighted by Gasteiger charge is 2.43. The smallest absolute Gasteiger partial charge is 0.305 e. The minimum atomic E-state index is -0.458. The van der Waals surface area contributed by atoms with Gasteiger partial charge in [-0.15, -0.1) is 0 Å². The first-order chi connectivity index (χ1) is 9.75. The fraction of sp³-hybridized carbons (Fsp3) is 0.200. The van der Waals surface area contributed by atoms with Crippen molar-refractivity contribution in [3.05, 3.63) is 60.1 Å². The van der Waals surface area contributed by atoms with Crippen LogP contribution in [0.5, 0.6) is 0 Å². The highest BCUT2D eigenvalue weighted by atomic mass is 16.3.